The van der Waals surface area contributed by atoms with Crippen molar-refractivity contribution in [1.82, 2.24) is 4.90 Å². The van der Waals surface area contributed by atoms with Gasteiger partial charge < -0.3 is 9.64 Å². The summed E-state index contributed by atoms with van der Waals surface area (Å²) < 4.78 is 5.33. The first kappa shape index (κ1) is 11.3. The number of hydrogen-bond donors (Lipinski definition) is 0. The van der Waals surface area contributed by atoms with Gasteiger partial charge >= 0.3 is 6.09 Å². The summed E-state index contributed by atoms with van der Waals surface area (Å²) in [5.74, 6) is 0.595. The number of carbonyl (C=O) groups is 1. The quantitative estimate of drug-likeness (QED) is 0.600. The van der Waals surface area contributed by atoms with E-state index in [1.54, 1.807) is 0 Å². The van der Waals surface area contributed by atoms with E-state index in [1.807, 2.05) is 25.7 Å². The summed E-state index contributed by atoms with van der Waals surface area (Å²) in [7, 11) is 0. The first-order chi connectivity index (χ1) is 6.29. The maximum Gasteiger partial charge on any atom is 0.410 e. The fraction of sp³-hybridized carbons (Fsp3) is 0.909. The molecule has 0 N–H and O–H groups in total. The van der Waals surface area contributed by atoms with Crippen LogP contribution in [0.25, 0.3) is 0 Å². The molecular formula is C11H21NO2. The summed E-state index contributed by atoms with van der Waals surface area (Å²) in [5, 5.41) is 0. The SMILES string of the molecule is C[C@@H]1C[C@@H](C)N(C(=O)OC(C)(C)C)C1. The van der Waals surface area contributed by atoms with E-state index in [2.05, 4.69) is 13.8 Å². The number of hydrogen-bond acceptors (Lipinski definition) is 2. The Morgan fingerprint density at radius 2 is 1.93 bits per heavy atom. The predicted octanol–water partition coefficient (Wildman–Crippen LogP) is 2.65. The molecule has 0 aliphatic carbocycles. The zero-order valence-corrected chi connectivity index (χ0v) is 9.83. The highest BCUT2D eigenvalue weighted by molar-refractivity contribution is 5.68. The van der Waals surface area contributed by atoms with Gasteiger partial charge in [-0.25, -0.2) is 4.79 Å². The van der Waals surface area contributed by atoms with E-state index in [1.165, 1.54) is 0 Å². The van der Waals surface area contributed by atoms with Crippen LogP contribution in [-0.2, 0) is 4.74 Å². The van der Waals surface area contributed by atoms with Crippen LogP contribution in [0.15, 0.2) is 0 Å². The van der Waals surface area contributed by atoms with Crippen LogP contribution in [0.1, 0.15) is 41.0 Å². The first-order valence-electron chi connectivity index (χ1n) is 5.29. The van der Waals surface area contributed by atoms with Crippen molar-refractivity contribution in [3.8, 4) is 0 Å². The Kier molecular flexibility index (Phi) is 3.07. The van der Waals surface area contributed by atoms with Gasteiger partial charge in [0.1, 0.15) is 5.60 Å². The van der Waals surface area contributed by atoms with Crippen LogP contribution in [0.4, 0.5) is 4.79 Å². The molecule has 82 valence electrons. The molecule has 0 aromatic rings. The lowest BCUT2D eigenvalue weighted by molar-refractivity contribution is 0.0234. The van der Waals surface area contributed by atoms with Crippen LogP contribution in [0.5, 0.6) is 0 Å². The first-order valence-corrected chi connectivity index (χ1v) is 5.29. The number of ether oxygens (including phenoxy) is 1. The Morgan fingerprint density at radius 1 is 1.36 bits per heavy atom. The number of likely N-dealkylation sites (tertiary alicyclic amines) is 1. The standard InChI is InChI=1S/C11H21NO2/c1-8-6-9(2)12(7-8)10(13)14-11(3,4)5/h8-9H,6-7H2,1-5H3/t8-,9-/m1/s1. The lowest BCUT2D eigenvalue weighted by Crippen LogP contribution is -2.38. The second-order valence-electron chi connectivity index (χ2n) is 5.32. The van der Waals surface area contributed by atoms with Crippen LogP contribution in [-0.4, -0.2) is 29.2 Å². The second-order valence-corrected chi connectivity index (χ2v) is 5.32. The molecule has 0 unspecified atom stereocenters. The third kappa shape index (κ3) is 2.89. The highest BCUT2D eigenvalue weighted by Gasteiger charge is 2.32. The van der Waals surface area contributed by atoms with Crippen LogP contribution in [0.2, 0.25) is 0 Å². The summed E-state index contributed by atoms with van der Waals surface area (Å²) in [6.45, 7) is 10.8. The van der Waals surface area contributed by atoms with Gasteiger partial charge in [0.25, 0.3) is 0 Å². The lowest BCUT2D eigenvalue weighted by atomic mass is 10.1. The smallest absolute Gasteiger partial charge is 0.410 e. The Labute approximate surface area is 86.4 Å². The van der Waals surface area contributed by atoms with Gasteiger partial charge in [-0.3, -0.25) is 0 Å². The van der Waals surface area contributed by atoms with E-state index >= 15 is 0 Å². The average molecular weight is 199 g/mol. The number of rotatable bonds is 0. The summed E-state index contributed by atoms with van der Waals surface area (Å²) in [6.07, 6.45) is 0.911. The van der Waals surface area contributed by atoms with Crippen molar-refractivity contribution in [3.05, 3.63) is 0 Å². The molecule has 1 saturated heterocycles. The zero-order chi connectivity index (χ0) is 10.9. The normalized spacial score (nSPS) is 27.9. The molecule has 1 aliphatic rings. The molecule has 0 saturated carbocycles. The summed E-state index contributed by atoms with van der Waals surface area (Å²) in [5.41, 5.74) is -0.386. The van der Waals surface area contributed by atoms with E-state index < -0.39 is 0 Å². The molecule has 1 aliphatic heterocycles. The third-order valence-electron chi connectivity index (χ3n) is 2.41. The molecule has 1 rings (SSSR count). The van der Waals surface area contributed by atoms with Crippen molar-refractivity contribution in [2.24, 2.45) is 5.92 Å². The molecule has 0 radical (unpaired) electrons. The Morgan fingerprint density at radius 3 is 2.29 bits per heavy atom. The molecular weight excluding hydrogens is 178 g/mol. The van der Waals surface area contributed by atoms with E-state index in [0.29, 0.717) is 12.0 Å². The van der Waals surface area contributed by atoms with Crippen LogP contribution < -0.4 is 0 Å². The fourth-order valence-corrected chi connectivity index (χ4v) is 1.87. The monoisotopic (exact) mass is 199 g/mol. The van der Waals surface area contributed by atoms with Crippen LogP contribution in [0.3, 0.4) is 0 Å². The molecule has 3 heteroatoms. The highest BCUT2D eigenvalue weighted by atomic mass is 16.6. The van der Waals surface area contributed by atoms with Gasteiger partial charge in [-0.2, -0.15) is 0 Å². The fourth-order valence-electron chi connectivity index (χ4n) is 1.87. The molecule has 2 atom stereocenters. The minimum Gasteiger partial charge on any atom is -0.444 e. The maximum absolute atomic E-state index is 11.7. The second kappa shape index (κ2) is 3.79. The summed E-state index contributed by atoms with van der Waals surface area (Å²) in [6, 6.07) is 0.319. The van der Waals surface area contributed by atoms with Gasteiger partial charge in [-0.15, -0.1) is 0 Å². The molecule has 0 spiro atoms. The number of nitrogens with zero attached hydrogens (tertiary/aromatic N) is 1. The van der Waals surface area contributed by atoms with Gasteiger partial charge in [-0.05, 0) is 40.0 Å². The van der Waals surface area contributed by atoms with Crippen LogP contribution in [0, 0.1) is 5.92 Å². The Hall–Kier alpha value is -0.730. The van der Waals surface area contributed by atoms with Gasteiger partial charge in [0.2, 0.25) is 0 Å². The van der Waals surface area contributed by atoms with E-state index in [4.69, 9.17) is 4.74 Å². The van der Waals surface area contributed by atoms with Gasteiger partial charge in [-0.1, -0.05) is 6.92 Å². The van der Waals surface area contributed by atoms with E-state index in [9.17, 15) is 4.79 Å². The van der Waals surface area contributed by atoms with Crippen molar-refractivity contribution in [2.75, 3.05) is 6.54 Å². The lowest BCUT2D eigenvalue weighted by Gasteiger charge is -2.26. The van der Waals surface area contributed by atoms with Crippen LogP contribution >= 0.6 is 0 Å². The van der Waals surface area contributed by atoms with Gasteiger partial charge in [0.15, 0.2) is 0 Å². The highest BCUT2D eigenvalue weighted by Crippen LogP contribution is 2.24. The van der Waals surface area contributed by atoms with Crippen molar-refractivity contribution in [1.29, 1.82) is 0 Å². The molecule has 3 nitrogen and oxygen atoms in total. The number of amides is 1. The molecule has 0 aromatic carbocycles. The Balaban J connectivity index is 2.53. The zero-order valence-electron chi connectivity index (χ0n) is 9.83. The average Bonchev–Trinajstić information content (AvgIpc) is 2.26. The summed E-state index contributed by atoms with van der Waals surface area (Å²) in [4.78, 5) is 13.5. The number of carbonyl (C=O) groups excluding carboxylic acids is 1. The molecule has 1 amide bonds. The van der Waals surface area contributed by atoms with Gasteiger partial charge in [0, 0.05) is 12.6 Å². The third-order valence-corrected chi connectivity index (χ3v) is 2.41. The van der Waals surface area contributed by atoms with E-state index in [0.717, 1.165) is 13.0 Å². The van der Waals surface area contributed by atoms with Gasteiger partial charge in [0.05, 0.1) is 0 Å². The maximum atomic E-state index is 11.7. The Bertz CT molecular complexity index is 220. The van der Waals surface area contributed by atoms with Crippen molar-refractivity contribution >= 4 is 6.09 Å². The molecule has 1 heterocycles. The topological polar surface area (TPSA) is 29.5 Å². The molecule has 0 bridgehead atoms. The minimum absolute atomic E-state index is 0.172. The van der Waals surface area contributed by atoms with Crippen molar-refractivity contribution in [3.63, 3.8) is 0 Å². The van der Waals surface area contributed by atoms with E-state index in [-0.39, 0.29) is 11.7 Å². The minimum atomic E-state index is -0.386. The van der Waals surface area contributed by atoms with Crippen molar-refractivity contribution < 1.29 is 9.53 Å². The summed E-state index contributed by atoms with van der Waals surface area (Å²) >= 11 is 0. The molecule has 14 heavy (non-hydrogen) atoms. The largest absolute Gasteiger partial charge is 0.444 e. The molecule has 1 fully saturated rings. The molecule has 0 aromatic heterocycles. The predicted molar refractivity (Wildman–Crippen MR) is 56.2 cm³/mol. The van der Waals surface area contributed by atoms with Crippen molar-refractivity contribution in [2.45, 2.75) is 52.7 Å².